The van der Waals surface area contributed by atoms with E-state index in [-0.39, 0.29) is 11.3 Å². The highest BCUT2D eigenvalue weighted by Crippen LogP contribution is 2.40. The minimum absolute atomic E-state index is 0.0228. The predicted molar refractivity (Wildman–Crippen MR) is 129 cm³/mol. The molecule has 34 heavy (non-hydrogen) atoms. The molecule has 1 aliphatic rings. The van der Waals surface area contributed by atoms with Gasteiger partial charge in [-0.2, -0.15) is 5.10 Å². The number of aliphatic hydroxyl groups is 1. The molecule has 3 aromatic rings. The molecule has 0 saturated carbocycles. The van der Waals surface area contributed by atoms with Gasteiger partial charge in [-0.05, 0) is 51.2 Å². The third-order valence-electron chi connectivity index (χ3n) is 6.39. The summed E-state index contributed by atoms with van der Waals surface area (Å²) in [7, 11) is 0. The van der Waals surface area contributed by atoms with E-state index in [2.05, 4.69) is 23.8 Å². The van der Waals surface area contributed by atoms with Crippen molar-refractivity contribution in [2.75, 3.05) is 26.2 Å². The smallest absolute Gasteiger partial charge is 0.295 e. The Morgan fingerprint density at radius 1 is 1.09 bits per heavy atom. The quantitative estimate of drug-likeness (QED) is 0.311. The zero-order valence-electron chi connectivity index (χ0n) is 20.0. The number of amides is 1. The van der Waals surface area contributed by atoms with Crippen molar-refractivity contribution >= 4 is 17.4 Å². The lowest BCUT2D eigenvalue weighted by Crippen LogP contribution is -2.37. The molecule has 1 aromatic carbocycles. The molecule has 1 amide bonds. The van der Waals surface area contributed by atoms with Gasteiger partial charge < -0.3 is 19.3 Å². The van der Waals surface area contributed by atoms with Crippen LogP contribution in [0.5, 0.6) is 0 Å². The van der Waals surface area contributed by atoms with Crippen LogP contribution in [-0.2, 0) is 9.59 Å². The number of benzene rings is 1. The van der Waals surface area contributed by atoms with E-state index in [4.69, 9.17) is 4.42 Å². The Bertz CT molecular complexity index is 1220. The second-order valence-corrected chi connectivity index (χ2v) is 8.36. The fourth-order valence-corrected chi connectivity index (χ4v) is 4.41. The standard InChI is InChI=1S/C26H30N4O4/c1-5-28(6-2)14-15-29-23(21-13-12-17(3)34-21)22(25(32)26(29)33)24(31)20-16-27-30(18(20)4)19-10-8-7-9-11-19/h7-13,16,23,31H,5-6,14-15H2,1-4H3/b24-22-. The lowest BCUT2D eigenvalue weighted by atomic mass is 9.99. The number of para-hydroxylation sites is 1. The molecular weight excluding hydrogens is 432 g/mol. The van der Waals surface area contributed by atoms with E-state index in [1.54, 1.807) is 23.7 Å². The third-order valence-corrected chi connectivity index (χ3v) is 6.39. The lowest BCUT2D eigenvalue weighted by molar-refractivity contribution is -0.140. The van der Waals surface area contributed by atoms with Gasteiger partial charge in [-0.3, -0.25) is 9.59 Å². The van der Waals surface area contributed by atoms with Crippen molar-refractivity contribution in [2.45, 2.75) is 33.7 Å². The first kappa shape index (κ1) is 23.5. The summed E-state index contributed by atoms with van der Waals surface area (Å²) < 4.78 is 7.54. The van der Waals surface area contributed by atoms with Gasteiger partial charge in [0.05, 0.1) is 28.7 Å². The molecule has 1 N–H and O–H groups in total. The fourth-order valence-electron chi connectivity index (χ4n) is 4.41. The maximum absolute atomic E-state index is 13.2. The van der Waals surface area contributed by atoms with Crippen LogP contribution in [0.2, 0.25) is 0 Å². The first-order chi connectivity index (χ1) is 16.4. The number of aliphatic hydroxyl groups excluding tert-OH is 1. The summed E-state index contributed by atoms with van der Waals surface area (Å²) in [4.78, 5) is 30.0. The number of likely N-dealkylation sites (tertiary alicyclic amines) is 1. The van der Waals surface area contributed by atoms with Crippen molar-refractivity contribution < 1.29 is 19.1 Å². The summed E-state index contributed by atoms with van der Waals surface area (Å²) in [5, 5.41) is 15.8. The second-order valence-electron chi connectivity index (χ2n) is 8.36. The van der Waals surface area contributed by atoms with Crippen LogP contribution in [-0.4, -0.2) is 62.6 Å². The summed E-state index contributed by atoms with van der Waals surface area (Å²) >= 11 is 0. The first-order valence-electron chi connectivity index (χ1n) is 11.5. The molecule has 1 fully saturated rings. The molecule has 2 aromatic heterocycles. The van der Waals surface area contributed by atoms with Gasteiger partial charge >= 0.3 is 0 Å². The number of aryl methyl sites for hydroxylation is 1. The van der Waals surface area contributed by atoms with Crippen LogP contribution >= 0.6 is 0 Å². The third kappa shape index (κ3) is 4.17. The van der Waals surface area contributed by atoms with Gasteiger partial charge in [-0.25, -0.2) is 4.68 Å². The van der Waals surface area contributed by atoms with Gasteiger partial charge in [-0.1, -0.05) is 32.0 Å². The summed E-state index contributed by atoms with van der Waals surface area (Å²) in [6, 6.07) is 12.3. The molecule has 1 saturated heterocycles. The van der Waals surface area contributed by atoms with E-state index in [1.165, 1.54) is 11.1 Å². The number of furan rings is 1. The Hall–Kier alpha value is -3.65. The van der Waals surface area contributed by atoms with Crippen molar-refractivity contribution in [3.63, 3.8) is 0 Å². The number of aromatic nitrogens is 2. The van der Waals surface area contributed by atoms with Gasteiger partial charge in [0, 0.05) is 13.1 Å². The highest BCUT2D eigenvalue weighted by Gasteiger charge is 2.47. The van der Waals surface area contributed by atoms with E-state index < -0.39 is 17.7 Å². The lowest BCUT2D eigenvalue weighted by Gasteiger charge is -2.26. The molecule has 0 radical (unpaired) electrons. The molecule has 1 atom stereocenters. The van der Waals surface area contributed by atoms with Crippen molar-refractivity contribution in [1.82, 2.24) is 19.6 Å². The van der Waals surface area contributed by atoms with Crippen LogP contribution in [0.1, 0.15) is 42.7 Å². The van der Waals surface area contributed by atoms with E-state index >= 15 is 0 Å². The second kappa shape index (κ2) is 9.69. The van der Waals surface area contributed by atoms with Gasteiger partial charge in [0.25, 0.3) is 11.7 Å². The average molecular weight is 463 g/mol. The van der Waals surface area contributed by atoms with Crippen LogP contribution in [0, 0.1) is 13.8 Å². The minimum Gasteiger partial charge on any atom is -0.507 e. The Morgan fingerprint density at radius 2 is 1.79 bits per heavy atom. The number of carbonyl (C=O) groups excluding carboxylic acids is 2. The SMILES string of the molecule is CCN(CC)CCN1C(=O)C(=O)/C(=C(\O)c2cnn(-c3ccccc3)c2C)C1c1ccc(C)o1. The molecule has 4 rings (SSSR count). The van der Waals surface area contributed by atoms with Crippen LogP contribution < -0.4 is 0 Å². The largest absolute Gasteiger partial charge is 0.507 e. The molecule has 0 spiro atoms. The number of likely N-dealkylation sites (N-methyl/N-ethyl adjacent to an activating group) is 1. The topological polar surface area (TPSA) is 91.8 Å². The number of Topliss-reactive ketones (excluding diaryl/α,β-unsaturated/α-hetero) is 1. The van der Waals surface area contributed by atoms with Crippen LogP contribution in [0.4, 0.5) is 0 Å². The molecule has 1 aliphatic heterocycles. The number of hydrogen-bond donors (Lipinski definition) is 1. The number of ketones is 1. The summed E-state index contributed by atoms with van der Waals surface area (Å²) in [5.41, 5.74) is 1.91. The van der Waals surface area contributed by atoms with Crippen molar-refractivity contribution in [3.05, 3.63) is 77.0 Å². The number of nitrogens with zero attached hydrogens (tertiary/aromatic N) is 4. The summed E-state index contributed by atoms with van der Waals surface area (Å²) in [6.07, 6.45) is 1.52. The Kier molecular flexibility index (Phi) is 6.70. The van der Waals surface area contributed by atoms with E-state index in [0.29, 0.717) is 35.9 Å². The maximum atomic E-state index is 13.2. The minimum atomic E-state index is -0.802. The van der Waals surface area contributed by atoms with E-state index in [0.717, 1.165) is 18.8 Å². The van der Waals surface area contributed by atoms with Crippen LogP contribution in [0.3, 0.4) is 0 Å². The molecule has 0 bridgehead atoms. The Labute approximate surface area is 199 Å². The molecule has 178 valence electrons. The molecule has 0 aliphatic carbocycles. The summed E-state index contributed by atoms with van der Waals surface area (Å²) in [5.74, 6) is -0.491. The molecule has 8 nitrogen and oxygen atoms in total. The molecule has 3 heterocycles. The average Bonchev–Trinajstić information content (AvgIpc) is 3.51. The molecule has 8 heteroatoms. The Morgan fingerprint density at radius 3 is 2.41 bits per heavy atom. The van der Waals surface area contributed by atoms with Gasteiger partial charge in [0.1, 0.15) is 23.3 Å². The van der Waals surface area contributed by atoms with Gasteiger partial charge in [-0.15, -0.1) is 0 Å². The van der Waals surface area contributed by atoms with Crippen molar-refractivity contribution in [1.29, 1.82) is 0 Å². The Balaban J connectivity index is 1.79. The number of rotatable bonds is 8. The maximum Gasteiger partial charge on any atom is 0.295 e. The zero-order valence-corrected chi connectivity index (χ0v) is 20.0. The number of carbonyl (C=O) groups is 2. The monoisotopic (exact) mass is 462 g/mol. The van der Waals surface area contributed by atoms with Gasteiger partial charge in [0.15, 0.2) is 0 Å². The highest BCUT2D eigenvalue weighted by atomic mass is 16.3. The first-order valence-corrected chi connectivity index (χ1v) is 11.5. The van der Waals surface area contributed by atoms with E-state index in [9.17, 15) is 14.7 Å². The van der Waals surface area contributed by atoms with Crippen molar-refractivity contribution in [3.8, 4) is 5.69 Å². The van der Waals surface area contributed by atoms with Crippen LogP contribution in [0.25, 0.3) is 11.4 Å². The van der Waals surface area contributed by atoms with Gasteiger partial charge in [0.2, 0.25) is 0 Å². The van der Waals surface area contributed by atoms with E-state index in [1.807, 2.05) is 37.3 Å². The highest BCUT2D eigenvalue weighted by molar-refractivity contribution is 6.46. The number of hydrogen-bond acceptors (Lipinski definition) is 6. The van der Waals surface area contributed by atoms with Crippen molar-refractivity contribution in [2.24, 2.45) is 0 Å². The predicted octanol–water partition coefficient (Wildman–Crippen LogP) is 3.85. The van der Waals surface area contributed by atoms with Crippen LogP contribution in [0.15, 0.2) is 58.7 Å². The fraction of sp³-hybridized carbons (Fsp3) is 0.346. The molecule has 1 unspecified atom stereocenters. The zero-order chi connectivity index (χ0) is 24.4. The summed E-state index contributed by atoms with van der Waals surface area (Å²) in [6.45, 7) is 10.4. The molecular formula is C26H30N4O4. The normalized spacial score (nSPS) is 17.8.